The minimum absolute atomic E-state index is 0.130. The third-order valence-electron chi connectivity index (χ3n) is 4.62. The molecule has 1 N–H and O–H groups in total. The lowest BCUT2D eigenvalue weighted by molar-refractivity contribution is -0.121. The monoisotopic (exact) mass is 359 g/mol. The van der Waals surface area contributed by atoms with E-state index in [0.717, 1.165) is 29.7 Å². The molecule has 2 aromatic carbocycles. The SMILES string of the molecule is COc1cccc2c1CCCC2C(=O)NS(=O)(=O)c1ccccc1C. The molecule has 5 nitrogen and oxygen atoms in total. The molecule has 1 aliphatic carbocycles. The van der Waals surface area contributed by atoms with Crippen LogP contribution in [0.25, 0.3) is 0 Å². The van der Waals surface area contributed by atoms with Crippen molar-refractivity contribution in [1.29, 1.82) is 0 Å². The molecular formula is C19H21NO4S. The second-order valence-corrected chi connectivity index (χ2v) is 7.86. The fourth-order valence-electron chi connectivity index (χ4n) is 3.40. The van der Waals surface area contributed by atoms with Gasteiger partial charge in [-0.25, -0.2) is 13.1 Å². The van der Waals surface area contributed by atoms with Crippen molar-refractivity contribution < 1.29 is 17.9 Å². The van der Waals surface area contributed by atoms with Crippen LogP contribution in [0.15, 0.2) is 47.4 Å². The van der Waals surface area contributed by atoms with E-state index in [1.54, 1.807) is 32.2 Å². The molecule has 132 valence electrons. The van der Waals surface area contributed by atoms with Gasteiger partial charge in [0.15, 0.2) is 0 Å². The van der Waals surface area contributed by atoms with E-state index in [0.29, 0.717) is 12.0 Å². The smallest absolute Gasteiger partial charge is 0.264 e. The molecular weight excluding hydrogens is 338 g/mol. The number of rotatable bonds is 4. The summed E-state index contributed by atoms with van der Waals surface area (Å²) in [5.74, 6) is -0.230. The predicted molar refractivity (Wildman–Crippen MR) is 95.2 cm³/mol. The molecule has 2 aromatic rings. The Labute approximate surface area is 148 Å². The molecule has 1 atom stereocenters. The maximum atomic E-state index is 12.7. The molecule has 0 saturated carbocycles. The molecule has 0 spiro atoms. The van der Waals surface area contributed by atoms with Gasteiger partial charge in [0.25, 0.3) is 10.0 Å². The summed E-state index contributed by atoms with van der Waals surface area (Å²) in [6.45, 7) is 1.71. The van der Waals surface area contributed by atoms with Crippen LogP contribution in [0.1, 0.15) is 35.4 Å². The number of hydrogen-bond donors (Lipinski definition) is 1. The van der Waals surface area contributed by atoms with E-state index in [9.17, 15) is 13.2 Å². The number of aryl methyl sites for hydroxylation is 1. The Morgan fingerprint density at radius 1 is 1.16 bits per heavy atom. The lowest BCUT2D eigenvalue weighted by Gasteiger charge is -2.26. The Kier molecular flexibility index (Phi) is 4.81. The van der Waals surface area contributed by atoms with E-state index in [1.165, 1.54) is 6.07 Å². The van der Waals surface area contributed by atoms with Crippen molar-refractivity contribution in [1.82, 2.24) is 4.72 Å². The molecule has 0 aliphatic heterocycles. The highest BCUT2D eigenvalue weighted by Gasteiger charge is 2.31. The molecule has 1 aliphatic rings. The third-order valence-corrected chi connectivity index (χ3v) is 6.13. The number of carbonyl (C=O) groups is 1. The maximum Gasteiger partial charge on any atom is 0.264 e. The average molecular weight is 359 g/mol. The van der Waals surface area contributed by atoms with Crippen molar-refractivity contribution >= 4 is 15.9 Å². The Morgan fingerprint density at radius 2 is 1.92 bits per heavy atom. The summed E-state index contributed by atoms with van der Waals surface area (Å²) in [6, 6.07) is 12.2. The van der Waals surface area contributed by atoms with E-state index in [1.807, 2.05) is 18.2 Å². The van der Waals surface area contributed by atoms with Gasteiger partial charge in [-0.1, -0.05) is 30.3 Å². The van der Waals surface area contributed by atoms with E-state index in [4.69, 9.17) is 4.74 Å². The third kappa shape index (κ3) is 3.39. The number of nitrogens with one attached hydrogen (secondary N) is 1. The minimum Gasteiger partial charge on any atom is -0.496 e. The van der Waals surface area contributed by atoms with E-state index >= 15 is 0 Å². The normalized spacial score (nSPS) is 16.8. The summed E-state index contributed by atoms with van der Waals surface area (Å²) in [5, 5.41) is 0. The number of ether oxygens (including phenoxy) is 1. The highest BCUT2D eigenvalue weighted by Crippen LogP contribution is 2.37. The fraction of sp³-hybridized carbons (Fsp3) is 0.316. The van der Waals surface area contributed by atoms with E-state index in [2.05, 4.69) is 4.72 Å². The summed E-state index contributed by atoms with van der Waals surface area (Å²) < 4.78 is 32.8. The first kappa shape index (κ1) is 17.5. The molecule has 0 bridgehead atoms. The summed E-state index contributed by atoms with van der Waals surface area (Å²) >= 11 is 0. The van der Waals surface area contributed by atoms with Gasteiger partial charge >= 0.3 is 0 Å². The Hall–Kier alpha value is -2.34. The molecule has 3 rings (SSSR count). The van der Waals surface area contributed by atoms with Crippen molar-refractivity contribution in [3.63, 3.8) is 0 Å². The Bertz CT molecular complexity index is 905. The first-order valence-corrected chi connectivity index (χ1v) is 9.70. The van der Waals surface area contributed by atoms with Crippen molar-refractivity contribution in [2.75, 3.05) is 7.11 Å². The highest BCUT2D eigenvalue weighted by molar-refractivity contribution is 7.90. The summed E-state index contributed by atoms with van der Waals surface area (Å²) in [5.41, 5.74) is 2.45. The minimum atomic E-state index is -3.89. The molecule has 25 heavy (non-hydrogen) atoms. The average Bonchev–Trinajstić information content (AvgIpc) is 2.60. The van der Waals surface area contributed by atoms with Gasteiger partial charge in [-0.05, 0) is 55.0 Å². The standard InChI is InChI=1S/C19H21NO4S/c1-13-7-3-4-12-18(13)25(22,23)20-19(21)16-10-5-9-15-14(16)8-6-11-17(15)24-2/h3-4,6-8,11-12,16H,5,9-10H2,1-2H3,(H,20,21). The number of fused-ring (bicyclic) bond motifs is 1. The molecule has 0 fully saturated rings. The second kappa shape index (κ2) is 6.88. The first-order valence-electron chi connectivity index (χ1n) is 8.22. The van der Waals surface area contributed by atoms with Crippen LogP contribution >= 0.6 is 0 Å². The summed E-state index contributed by atoms with van der Waals surface area (Å²) in [4.78, 5) is 12.9. The van der Waals surface area contributed by atoms with Crippen molar-refractivity contribution in [3.05, 3.63) is 59.2 Å². The molecule has 1 amide bonds. The number of sulfonamides is 1. The molecule has 0 radical (unpaired) electrons. The van der Waals surface area contributed by atoms with Crippen molar-refractivity contribution in [3.8, 4) is 5.75 Å². The zero-order chi connectivity index (χ0) is 18.0. The zero-order valence-electron chi connectivity index (χ0n) is 14.3. The zero-order valence-corrected chi connectivity index (χ0v) is 15.1. The van der Waals surface area contributed by atoms with Gasteiger partial charge in [0.1, 0.15) is 5.75 Å². The van der Waals surface area contributed by atoms with Crippen molar-refractivity contribution in [2.24, 2.45) is 0 Å². The van der Waals surface area contributed by atoms with Crippen LogP contribution in [0.4, 0.5) is 0 Å². The number of amides is 1. The van der Waals surface area contributed by atoms with Gasteiger partial charge < -0.3 is 4.74 Å². The molecule has 0 aromatic heterocycles. The van der Waals surface area contributed by atoms with Gasteiger partial charge in [0, 0.05) is 0 Å². The fourth-order valence-corrected chi connectivity index (χ4v) is 4.66. The number of benzene rings is 2. The van der Waals surface area contributed by atoms with Crippen LogP contribution in [0.3, 0.4) is 0 Å². The maximum absolute atomic E-state index is 12.7. The number of methoxy groups -OCH3 is 1. The summed E-state index contributed by atoms with van der Waals surface area (Å²) in [6.07, 6.45) is 2.26. The van der Waals surface area contributed by atoms with Gasteiger partial charge in [-0.3, -0.25) is 4.79 Å². The number of carbonyl (C=O) groups excluding carboxylic acids is 1. The lowest BCUT2D eigenvalue weighted by atomic mass is 9.82. The van der Waals surface area contributed by atoms with Crippen LogP contribution in [0, 0.1) is 6.92 Å². The van der Waals surface area contributed by atoms with E-state index in [-0.39, 0.29) is 4.90 Å². The van der Waals surface area contributed by atoms with Gasteiger partial charge in [-0.15, -0.1) is 0 Å². The predicted octanol–water partition coefficient (Wildman–Crippen LogP) is 2.93. The quantitative estimate of drug-likeness (QED) is 0.911. The molecule has 0 heterocycles. The van der Waals surface area contributed by atoms with Crippen molar-refractivity contribution in [2.45, 2.75) is 37.0 Å². The van der Waals surface area contributed by atoms with Crippen LogP contribution in [0.2, 0.25) is 0 Å². The Balaban J connectivity index is 1.90. The van der Waals surface area contributed by atoms with Gasteiger partial charge in [-0.2, -0.15) is 0 Å². The largest absolute Gasteiger partial charge is 0.496 e. The lowest BCUT2D eigenvalue weighted by Crippen LogP contribution is -2.36. The van der Waals surface area contributed by atoms with Crippen LogP contribution in [-0.2, 0) is 21.2 Å². The highest BCUT2D eigenvalue weighted by atomic mass is 32.2. The van der Waals surface area contributed by atoms with Gasteiger partial charge in [0.2, 0.25) is 5.91 Å². The molecule has 0 saturated heterocycles. The topological polar surface area (TPSA) is 72.5 Å². The van der Waals surface area contributed by atoms with Crippen LogP contribution in [-0.4, -0.2) is 21.4 Å². The van der Waals surface area contributed by atoms with Crippen LogP contribution in [0.5, 0.6) is 5.75 Å². The van der Waals surface area contributed by atoms with Gasteiger partial charge in [0.05, 0.1) is 17.9 Å². The number of hydrogen-bond acceptors (Lipinski definition) is 4. The van der Waals surface area contributed by atoms with E-state index < -0.39 is 21.8 Å². The second-order valence-electron chi connectivity index (χ2n) is 6.21. The Morgan fingerprint density at radius 3 is 2.64 bits per heavy atom. The van der Waals surface area contributed by atoms with Crippen LogP contribution < -0.4 is 9.46 Å². The first-order chi connectivity index (χ1) is 11.9. The molecule has 1 unspecified atom stereocenters. The summed E-state index contributed by atoms with van der Waals surface area (Å²) in [7, 11) is -2.29. The molecule has 6 heteroatoms.